The Morgan fingerprint density at radius 3 is 2.86 bits per heavy atom. The Bertz CT molecular complexity index is 573. The molecule has 6 nitrogen and oxygen atoms in total. The standard InChI is InChI=1S/C14H21N3O3S/c1-8-11(13(21-2)17-14(20)16-8)12(19)15-6-9-4-3-5-10(9)7-18/h9-10,18H,3-7H2,1-2H3,(H,15,19)(H,16,17,20). The van der Waals surface area contributed by atoms with Crippen LogP contribution in [0.1, 0.15) is 35.3 Å². The molecular weight excluding hydrogens is 290 g/mol. The highest BCUT2D eigenvalue weighted by atomic mass is 32.2. The minimum atomic E-state index is -0.440. The zero-order chi connectivity index (χ0) is 15.4. The van der Waals surface area contributed by atoms with Crippen LogP contribution in [0.25, 0.3) is 0 Å². The molecule has 1 fully saturated rings. The van der Waals surface area contributed by atoms with Gasteiger partial charge in [0.05, 0.1) is 5.56 Å². The number of amides is 1. The quantitative estimate of drug-likeness (QED) is 0.555. The predicted molar refractivity (Wildman–Crippen MR) is 81.6 cm³/mol. The number of carbonyl (C=O) groups is 1. The lowest BCUT2D eigenvalue weighted by molar-refractivity contribution is 0.0933. The monoisotopic (exact) mass is 311 g/mol. The molecular formula is C14H21N3O3S. The summed E-state index contributed by atoms with van der Waals surface area (Å²) < 4.78 is 0. The molecule has 1 aliphatic carbocycles. The molecule has 1 saturated carbocycles. The highest BCUT2D eigenvalue weighted by Crippen LogP contribution is 2.30. The van der Waals surface area contributed by atoms with Gasteiger partial charge in [0.2, 0.25) is 0 Å². The Kier molecular flexibility index (Phi) is 5.41. The van der Waals surface area contributed by atoms with Gasteiger partial charge in [-0.1, -0.05) is 6.42 Å². The Hall–Kier alpha value is -1.34. The number of hydrogen-bond donors (Lipinski definition) is 3. The summed E-state index contributed by atoms with van der Waals surface area (Å²) in [6.07, 6.45) is 4.94. The minimum absolute atomic E-state index is 0.176. The average molecular weight is 311 g/mol. The number of aromatic amines is 1. The normalized spacial score (nSPS) is 21.5. The lowest BCUT2D eigenvalue weighted by atomic mass is 9.97. The zero-order valence-electron chi connectivity index (χ0n) is 12.3. The highest BCUT2D eigenvalue weighted by Gasteiger charge is 2.27. The van der Waals surface area contributed by atoms with Gasteiger partial charge in [-0.2, -0.15) is 4.98 Å². The van der Waals surface area contributed by atoms with E-state index < -0.39 is 5.69 Å². The summed E-state index contributed by atoms with van der Waals surface area (Å²) in [6.45, 7) is 2.43. The first kappa shape index (κ1) is 16.0. The second-order valence-corrected chi connectivity index (χ2v) is 6.19. The number of aryl methyl sites for hydroxylation is 1. The van der Waals surface area contributed by atoms with Crippen molar-refractivity contribution in [2.24, 2.45) is 11.8 Å². The molecule has 0 saturated heterocycles. The van der Waals surface area contributed by atoms with Gasteiger partial charge in [0.1, 0.15) is 5.03 Å². The Balaban J connectivity index is 2.09. The van der Waals surface area contributed by atoms with Crippen LogP contribution in [0.5, 0.6) is 0 Å². The van der Waals surface area contributed by atoms with Gasteiger partial charge in [0, 0.05) is 18.8 Å². The molecule has 0 spiro atoms. The van der Waals surface area contributed by atoms with Crippen LogP contribution in [0.15, 0.2) is 9.82 Å². The molecule has 7 heteroatoms. The predicted octanol–water partition coefficient (Wildman–Crippen LogP) is 0.939. The molecule has 1 aromatic heterocycles. The fourth-order valence-corrected chi connectivity index (χ4v) is 3.53. The number of thioether (sulfide) groups is 1. The van der Waals surface area contributed by atoms with Crippen molar-refractivity contribution >= 4 is 17.7 Å². The molecule has 1 heterocycles. The maximum absolute atomic E-state index is 12.4. The summed E-state index contributed by atoms with van der Waals surface area (Å²) in [5, 5.41) is 12.7. The molecule has 2 rings (SSSR count). The van der Waals surface area contributed by atoms with Gasteiger partial charge in [-0.05, 0) is 37.9 Å². The van der Waals surface area contributed by atoms with Gasteiger partial charge >= 0.3 is 5.69 Å². The zero-order valence-corrected chi connectivity index (χ0v) is 13.1. The summed E-state index contributed by atoms with van der Waals surface area (Å²) in [7, 11) is 0. The molecule has 2 unspecified atom stereocenters. The number of nitrogens with zero attached hydrogens (tertiary/aromatic N) is 1. The van der Waals surface area contributed by atoms with E-state index in [4.69, 9.17) is 0 Å². The van der Waals surface area contributed by atoms with Gasteiger partial charge in [0.15, 0.2) is 0 Å². The van der Waals surface area contributed by atoms with Crippen molar-refractivity contribution in [2.75, 3.05) is 19.4 Å². The third kappa shape index (κ3) is 3.65. The molecule has 0 aliphatic heterocycles. The van der Waals surface area contributed by atoms with Crippen molar-refractivity contribution < 1.29 is 9.90 Å². The van der Waals surface area contributed by atoms with Gasteiger partial charge in [0.25, 0.3) is 5.91 Å². The van der Waals surface area contributed by atoms with Crippen LogP contribution >= 0.6 is 11.8 Å². The number of rotatable bonds is 5. The molecule has 3 N–H and O–H groups in total. The summed E-state index contributed by atoms with van der Waals surface area (Å²) in [5.41, 5.74) is 0.521. The van der Waals surface area contributed by atoms with E-state index in [-0.39, 0.29) is 18.4 Å². The first-order valence-corrected chi connectivity index (χ1v) is 8.33. The third-order valence-corrected chi connectivity index (χ3v) is 4.76. The lowest BCUT2D eigenvalue weighted by Gasteiger charge is -2.18. The molecule has 1 aliphatic rings. The van der Waals surface area contributed by atoms with Crippen molar-refractivity contribution in [3.63, 3.8) is 0 Å². The number of aliphatic hydroxyl groups excluding tert-OH is 1. The van der Waals surface area contributed by atoms with Crippen molar-refractivity contribution in [2.45, 2.75) is 31.2 Å². The minimum Gasteiger partial charge on any atom is -0.396 e. The van der Waals surface area contributed by atoms with E-state index in [9.17, 15) is 14.7 Å². The van der Waals surface area contributed by atoms with E-state index in [0.717, 1.165) is 19.3 Å². The highest BCUT2D eigenvalue weighted by molar-refractivity contribution is 7.98. The molecule has 0 aromatic carbocycles. The van der Waals surface area contributed by atoms with E-state index in [1.807, 2.05) is 0 Å². The molecule has 0 bridgehead atoms. The lowest BCUT2D eigenvalue weighted by Crippen LogP contribution is -2.33. The first-order valence-electron chi connectivity index (χ1n) is 7.10. The molecule has 116 valence electrons. The summed E-state index contributed by atoms with van der Waals surface area (Å²) >= 11 is 1.28. The van der Waals surface area contributed by atoms with Crippen molar-refractivity contribution in [1.82, 2.24) is 15.3 Å². The van der Waals surface area contributed by atoms with Gasteiger partial charge in [-0.15, -0.1) is 11.8 Å². The van der Waals surface area contributed by atoms with E-state index in [2.05, 4.69) is 15.3 Å². The molecule has 1 amide bonds. The van der Waals surface area contributed by atoms with Crippen molar-refractivity contribution in [3.8, 4) is 0 Å². The molecule has 21 heavy (non-hydrogen) atoms. The van der Waals surface area contributed by atoms with E-state index >= 15 is 0 Å². The van der Waals surface area contributed by atoms with Gasteiger partial charge < -0.3 is 15.4 Å². The average Bonchev–Trinajstić information content (AvgIpc) is 2.91. The fraction of sp³-hybridized carbons (Fsp3) is 0.643. The van der Waals surface area contributed by atoms with Gasteiger partial charge in [-0.3, -0.25) is 4.79 Å². The Morgan fingerprint density at radius 1 is 1.48 bits per heavy atom. The smallest absolute Gasteiger partial charge is 0.346 e. The SMILES string of the molecule is CSc1nc(=O)[nH]c(C)c1C(=O)NCC1CCCC1CO. The van der Waals surface area contributed by atoms with Crippen LogP contribution in [-0.2, 0) is 0 Å². The van der Waals surface area contributed by atoms with Crippen LogP contribution in [0.4, 0.5) is 0 Å². The van der Waals surface area contributed by atoms with Crippen LogP contribution in [0.2, 0.25) is 0 Å². The summed E-state index contributed by atoms with van der Waals surface area (Å²) in [6, 6.07) is 0. The maximum atomic E-state index is 12.4. The molecule has 2 atom stereocenters. The number of nitrogens with one attached hydrogen (secondary N) is 2. The Morgan fingerprint density at radius 2 is 2.19 bits per heavy atom. The summed E-state index contributed by atoms with van der Waals surface area (Å²) in [5.74, 6) is 0.386. The Labute approximate surface area is 127 Å². The van der Waals surface area contributed by atoms with Crippen LogP contribution in [0, 0.1) is 18.8 Å². The van der Waals surface area contributed by atoms with Gasteiger partial charge in [-0.25, -0.2) is 4.79 Å². The second-order valence-electron chi connectivity index (χ2n) is 5.39. The number of carbonyl (C=O) groups excluding carboxylic acids is 1. The number of aromatic nitrogens is 2. The molecule has 0 radical (unpaired) electrons. The number of hydrogen-bond acceptors (Lipinski definition) is 5. The topological polar surface area (TPSA) is 95.1 Å². The van der Waals surface area contributed by atoms with Crippen LogP contribution in [-0.4, -0.2) is 40.4 Å². The van der Waals surface area contributed by atoms with E-state index in [1.54, 1.807) is 13.2 Å². The van der Waals surface area contributed by atoms with E-state index in [0.29, 0.717) is 28.7 Å². The first-order chi connectivity index (χ1) is 10.1. The second kappa shape index (κ2) is 7.09. The third-order valence-electron chi connectivity index (χ3n) is 4.08. The summed E-state index contributed by atoms with van der Waals surface area (Å²) in [4.78, 5) is 30.1. The van der Waals surface area contributed by atoms with Crippen molar-refractivity contribution in [1.29, 1.82) is 0 Å². The van der Waals surface area contributed by atoms with E-state index in [1.165, 1.54) is 11.8 Å². The van der Waals surface area contributed by atoms with Crippen LogP contribution < -0.4 is 11.0 Å². The van der Waals surface area contributed by atoms with Crippen molar-refractivity contribution in [3.05, 3.63) is 21.7 Å². The fourth-order valence-electron chi connectivity index (χ4n) is 2.91. The number of aliphatic hydroxyl groups is 1. The van der Waals surface area contributed by atoms with Crippen LogP contribution in [0.3, 0.4) is 0 Å². The molecule has 1 aromatic rings. The maximum Gasteiger partial charge on any atom is 0.346 e. The number of H-pyrrole nitrogens is 1. The largest absolute Gasteiger partial charge is 0.396 e.